The predicted molar refractivity (Wildman–Crippen MR) is 129 cm³/mol. The molecule has 0 atom stereocenters. The topological polar surface area (TPSA) is 78.4 Å². The van der Waals surface area contributed by atoms with E-state index >= 15 is 0 Å². The second kappa shape index (κ2) is 14.0. The first-order valence-electron chi connectivity index (χ1n) is 11.6. The molecule has 1 saturated heterocycles. The number of hydrogen-bond acceptors (Lipinski definition) is 5. The minimum absolute atomic E-state index is 0.0128. The lowest BCUT2D eigenvalue weighted by Gasteiger charge is -2.33. The molecular weight excluding hydrogens is 406 g/mol. The maximum Gasteiger partial charge on any atom is 0.243 e. The zero-order valence-corrected chi connectivity index (χ0v) is 20.4. The fourth-order valence-electron chi connectivity index (χ4n) is 3.47. The van der Waals surface area contributed by atoms with E-state index in [1.54, 1.807) is 26.1 Å². The van der Waals surface area contributed by atoms with Crippen molar-refractivity contribution in [3.63, 3.8) is 0 Å². The second-order valence-corrected chi connectivity index (χ2v) is 8.66. The molecule has 0 bridgehead atoms. The van der Waals surface area contributed by atoms with Crippen molar-refractivity contribution in [2.24, 2.45) is 4.99 Å². The van der Waals surface area contributed by atoms with Crippen molar-refractivity contribution in [1.29, 1.82) is 0 Å². The normalized spacial score (nSPS) is 15.6. The number of ether oxygens (including phenoxy) is 2. The van der Waals surface area contributed by atoms with E-state index in [0.29, 0.717) is 12.0 Å². The van der Waals surface area contributed by atoms with Gasteiger partial charge in [-0.3, -0.25) is 4.79 Å². The van der Waals surface area contributed by atoms with Crippen molar-refractivity contribution in [3.05, 3.63) is 29.8 Å². The van der Waals surface area contributed by atoms with Gasteiger partial charge < -0.3 is 29.9 Å². The van der Waals surface area contributed by atoms with Crippen LogP contribution in [0.2, 0.25) is 0 Å². The molecule has 0 spiro atoms. The Balaban J connectivity index is 1.83. The number of carbonyl (C=O) groups is 1. The van der Waals surface area contributed by atoms with Gasteiger partial charge in [-0.15, -0.1) is 0 Å². The van der Waals surface area contributed by atoms with Crippen LogP contribution in [0.3, 0.4) is 0 Å². The third kappa shape index (κ3) is 9.87. The Morgan fingerprint density at radius 1 is 1.22 bits per heavy atom. The van der Waals surface area contributed by atoms with Gasteiger partial charge in [0, 0.05) is 46.3 Å². The highest BCUT2D eigenvalue weighted by atomic mass is 16.5. The summed E-state index contributed by atoms with van der Waals surface area (Å²) in [7, 11) is 5.17. The van der Waals surface area contributed by atoms with Crippen LogP contribution in [0.4, 0.5) is 0 Å². The molecule has 2 N–H and O–H groups in total. The molecule has 1 amide bonds. The van der Waals surface area contributed by atoms with Gasteiger partial charge in [0.25, 0.3) is 0 Å². The smallest absolute Gasteiger partial charge is 0.243 e. The lowest BCUT2D eigenvalue weighted by molar-refractivity contribution is -0.127. The minimum Gasteiger partial charge on any atom is -0.497 e. The number of nitrogens with zero attached hydrogens (tertiary/aromatic N) is 3. The number of nitrogens with one attached hydrogen (secondary N) is 2. The van der Waals surface area contributed by atoms with Crippen molar-refractivity contribution >= 4 is 11.9 Å². The first kappa shape index (κ1) is 25.9. The summed E-state index contributed by atoms with van der Waals surface area (Å²) in [5.74, 6) is 1.55. The molecule has 1 aromatic rings. The maximum atomic E-state index is 12.0. The first-order valence-corrected chi connectivity index (χ1v) is 11.6. The second-order valence-electron chi connectivity index (χ2n) is 8.66. The number of aliphatic imine (C=N–C) groups is 1. The zero-order chi connectivity index (χ0) is 23.3. The third-order valence-corrected chi connectivity index (χ3v) is 5.52. The van der Waals surface area contributed by atoms with Crippen LogP contribution in [0.25, 0.3) is 0 Å². The molecule has 1 fully saturated rings. The largest absolute Gasteiger partial charge is 0.497 e. The average molecular weight is 448 g/mol. The van der Waals surface area contributed by atoms with Crippen molar-refractivity contribution in [2.45, 2.75) is 45.3 Å². The minimum atomic E-state index is -0.0128. The van der Waals surface area contributed by atoms with Gasteiger partial charge in [0.05, 0.1) is 19.8 Å². The zero-order valence-electron chi connectivity index (χ0n) is 20.4. The Morgan fingerprint density at radius 2 is 1.91 bits per heavy atom. The molecule has 1 aliphatic rings. The van der Waals surface area contributed by atoms with Gasteiger partial charge in [-0.25, -0.2) is 4.99 Å². The van der Waals surface area contributed by atoms with Crippen molar-refractivity contribution in [3.8, 4) is 5.75 Å². The Kier molecular flexibility index (Phi) is 11.3. The predicted octanol–water partition coefficient (Wildman–Crippen LogP) is 1.75. The van der Waals surface area contributed by atoms with Crippen LogP contribution in [0, 0.1) is 0 Å². The highest BCUT2D eigenvalue weighted by molar-refractivity contribution is 5.84. The molecule has 8 heteroatoms. The summed E-state index contributed by atoms with van der Waals surface area (Å²) in [6.07, 6.45) is 3.23. The maximum absolute atomic E-state index is 12.0. The standard InChI is InChI=1S/C24H41N5O3/c1-19(2)32-17-16-29-14-11-21(12-15-29)27-24(26-18-23(30)28(3)4)25-13-10-20-6-8-22(31-5)9-7-20/h6-9,19,21H,10-18H2,1-5H3,(H2,25,26,27). The van der Waals surface area contributed by atoms with E-state index in [9.17, 15) is 4.79 Å². The number of piperidine rings is 1. The van der Waals surface area contributed by atoms with Crippen LogP contribution in [0.1, 0.15) is 32.3 Å². The summed E-state index contributed by atoms with van der Waals surface area (Å²) in [5, 5.41) is 6.94. The number of carbonyl (C=O) groups excluding carboxylic acids is 1. The van der Waals surface area contributed by atoms with Gasteiger partial charge in [0.2, 0.25) is 5.91 Å². The summed E-state index contributed by atoms with van der Waals surface area (Å²) in [4.78, 5) is 20.6. The Bertz CT molecular complexity index is 698. The fourth-order valence-corrected chi connectivity index (χ4v) is 3.47. The Morgan fingerprint density at radius 3 is 2.50 bits per heavy atom. The number of guanidine groups is 1. The van der Waals surface area contributed by atoms with E-state index in [1.165, 1.54) is 5.56 Å². The number of rotatable bonds is 11. The molecule has 1 aliphatic heterocycles. The van der Waals surface area contributed by atoms with Gasteiger partial charge >= 0.3 is 0 Å². The lowest BCUT2D eigenvalue weighted by Crippen LogP contribution is -2.49. The molecule has 1 aromatic carbocycles. The number of methoxy groups -OCH3 is 1. The number of hydrogen-bond donors (Lipinski definition) is 2. The molecule has 0 saturated carbocycles. The van der Waals surface area contributed by atoms with Crippen molar-refractivity contribution in [2.75, 3.05) is 60.5 Å². The van der Waals surface area contributed by atoms with Crippen LogP contribution in [-0.2, 0) is 16.0 Å². The highest BCUT2D eigenvalue weighted by Crippen LogP contribution is 2.12. The summed E-state index contributed by atoms with van der Waals surface area (Å²) < 4.78 is 10.9. The van der Waals surface area contributed by atoms with Crippen LogP contribution in [0.5, 0.6) is 5.75 Å². The molecule has 0 radical (unpaired) electrons. The van der Waals surface area contributed by atoms with Crippen LogP contribution >= 0.6 is 0 Å². The molecule has 0 aliphatic carbocycles. The molecular formula is C24H41N5O3. The average Bonchev–Trinajstić information content (AvgIpc) is 2.78. The summed E-state index contributed by atoms with van der Waals surface area (Å²) in [6, 6.07) is 8.42. The molecule has 180 valence electrons. The van der Waals surface area contributed by atoms with Gasteiger partial charge in [-0.2, -0.15) is 0 Å². The fraction of sp³-hybridized carbons (Fsp3) is 0.667. The van der Waals surface area contributed by atoms with E-state index in [1.807, 2.05) is 12.1 Å². The van der Waals surface area contributed by atoms with Gasteiger partial charge in [0.15, 0.2) is 5.96 Å². The molecule has 0 unspecified atom stereocenters. The summed E-state index contributed by atoms with van der Waals surface area (Å²) in [6.45, 7) is 8.84. The molecule has 32 heavy (non-hydrogen) atoms. The molecule has 1 heterocycles. The van der Waals surface area contributed by atoms with E-state index < -0.39 is 0 Å². The van der Waals surface area contributed by atoms with E-state index in [2.05, 4.69) is 46.5 Å². The molecule has 0 aromatic heterocycles. The number of benzene rings is 1. The SMILES string of the molecule is COc1ccc(CCNC(=NCC(=O)N(C)C)NC2CCN(CCOC(C)C)CC2)cc1. The lowest BCUT2D eigenvalue weighted by atomic mass is 10.1. The number of amides is 1. The highest BCUT2D eigenvalue weighted by Gasteiger charge is 2.20. The summed E-state index contributed by atoms with van der Waals surface area (Å²) >= 11 is 0. The van der Waals surface area contributed by atoms with Crippen LogP contribution in [0.15, 0.2) is 29.3 Å². The van der Waals surface area contributed by atoms with Crippen molar-refractivity contribution in [1.82, 2.24) is 20.4 Å². The van der Waals surface area contributed by atoms with Crippen LogP contribution in [-0.4, -0.2) is 94.3 Å². The van der Waals surface area contributed by atoms with Crippen molar-refractivity contribution < 1.29 is 14.3 Å². The summed E-state index contributed by atoms with van der Waals surface area (Å²) in [5.41, 5.74) is 1.22. The number of likely N-dealkylation sites (tertiary alicyclic amines) is 1. The molecule has 8 nitrogen and oxygen atoms in total. The molecule has 2 rings (SSSR count). The van der Waals surface area contributed by atoms with Gasteiger partial charge in [0.1, 0.15) is 12.3 Å². The van der Waals surface area contributed by atoms with Crippen LogP contribution < -0.4 is 15.4 Å². The number of likely N-dealkylation sites (N-methyl/N-ethyl adjacent to an activating group) is 1. The van der Waals surface area contributed by atoms with E-state index in [0.717, 1.165) is 57.8 Å². The quantitative estimate of drug-likeness (QED) is 0.398. The first-order chi connectivity index (χ1) is 15.4. The van der Waals surface area contributed by atoms with Gasteiger partial charge in [-0.1, -0.05) is 12.1 Å². The Hall–Kier alpha value is -2.32. The van der Waals surface area contributed by atoms with E-state index in [4.69, 9.17) is 9.47 Å². The Labute approximate surface area is 193 Å². The van der Waals surface area contributed by atoms with E-state index in [-0.39, 0.29) is 18.6 Å². The third-order valence-electron chi connectivity index (χ3n) is 5.52. The van der Waals surface area contributed by atoms with Gasteiger partial charge in [-0.05, 0) is 50.8 Å². The monoisotopic (exact) mass is 447 g/mol.